The summed E-state index contributed by atoms with van der Waals surface area (Å²) in [7, 11) is 0. The molecule has 1 aliphatic rings. The molecule has 0 spiro atoms. The van der Waals surface area contributed by atoms with Crippen molar-refractivity contribution in [3.8, 4) is 22.3 Å². The van der Waals surface area contributed by atoms with E-state index >= 15 is 0 Å². The van der Waals surface area contributed by atoms with Gasteiger partial charge in [-0.05, 0) is 103 Å². The number of benzene rings is 9. The first-order chi connectivity index (χ1) is 26.0. The van der Waals surface area contributed by atoms with Gasteiger partial charge < -0.3 is 9.32 Å². The first-order valence-corrected chi connectivity index (χ1v) is 18.4. The fourth-order valence-electron chi connectivity index (χ4n) is 9.11. The molecule has 0 fully saturated rings. The Hall–Kier alpha value is -6.64. The maximum atomic E-state index is 6.84. The van der Waals surface area contributed by atoms with Crippen LogP contribution >= 0.6 is 0 Å². The molecule has 0 saturated carbocycles. The highest BCUT2D eigenvalue weighted by Gasteiger charge is 2.40. The van der Waals surface area contributed by atoms with Crippen molar-refractivity contribution in [3.05, 3.63) is 187 Å². The van der Waals surface area contributed by atoms with Gasteiger partial charge in [-0.3, -0.25) is 0 Å². The second-order valence-electron chi connectivity index (χ2n) is 14.9. The molecule has 0 aliphatic heterocycles. The monoisotopic (exact) mass is 677 g/mol. The van der Waals surface area contributed by atoms with Gasteiger partial charge in [-0.25, -0.2) is 0 Å². The Morgan fingerprint density at radius 1 is 0.434 bits per heavy atom. The van der Waals surface area contributed by atoms with Crippen LogP contribution in [-0.2, 0) is 5.41 Å². The zero-order chi connectivity index (χ0) is 35.3. The van der Waals surface area contributed by atoms with Crippen LogP contribution in [0.5, 0.6) is 0 Å². The minimum atomic E-state index is -0.273. The van der Waals surface area contributed by atoms with E-state index in [1.54, 1.807) is 0 Å². The average molecular weight is 678 g/mol. The molecule has 11 rings (SSSR count). The lowest BCUT2D eigenvalue weighted by Gasteiger charge is -2.33. The highest BCUT2D eigenvalue weighted by molar-refractivity contribution is 6.13. The molecule has 2 heteroatoms. The summed E-state index contributed by atoms with van der Waals surface area (Å²) >= 11 is 0. The minimum absolute atomic E-state index is 0.273. The SMILES string of the molecule is CC1(C)c2cc3ccccc3cc2-c2cccc(N(c3ccc4ccccc4c3-c3ccc4ccccc4c3)c3cccc4c3oc3ccccc34)c21. The van der Waals surface area contributed by atoms with Crippen LogP contribution in [0.4, 0.5) is 17.1 Å². The van der Waals surface area contributed by atoms with E-state index in [0.717, 1.165) is 39.0 Å². The standard InChI is InChI=1S/C51H35NO/c1-51(2)43-31-36-17-6-5-16-35(36)30-42(43)40-20-11-22-45(49(40)51)52(46-23-12-21-41-39-19-9-10-24-47(39)53-50(41)46)44-28-27-33-14-7-8-18-38(33)48(44)37-26-25-32-13-3-4-15-34(32)29-37/h3-31H,1-2H3. The summed E-state index contributed by atoms with van der Waals surface area (Å²) in [6, 6.07) is 64.3. The van der Waals surface area contributed by atoms with E-state index in [-0.39, 0.29) is 5.41 Å². The summed E-state index contributed by atoms with van der Waals surface area (Å²) < 4.78 is 6.84. The molecule has 53 heavy (non-hydrogen) atoms. The number of fused-ring (bicyclic) bond motifs is 9. The van der Waals surface area contributed by atoms with Crippen LogP contribution in [0.2, 0.25) is 0 Å². The van der Waals surface area contributed by atoms with Gasteiger partial charge in [0.05, 0.1) is 17.1 Å². The Morgan fingerprint density at radius 3 is 1.89 bits per heavy atom. The molecule has 0 saturated heterocycles. The fourth-order valence-corrected chi connectivity index (χ4v) is 9.11. The normalized spacial score (nSPS) is 13.2. The summed E-state index contributed by atoms with van der Waals surface area (Å²) in [6.07, 6.45) is 0. The Balaban J connectivity index is 1.27. The molecule has 10 aromatic rings. The molecule has 2 nitrogen and oxygen atoms in total. The summed E-state index contributed by atoms with van der Waals surface area (Å²) in [5.41, 5.74) is 12.4. The molecule has 1 aliphatic carbocycles. The number of nitrogens with zero attached hydrogens (tertiary/aromatic N) is 1. The highest BCUT2D eigenvalue weighted by Crippen LogP contribution is 2.57. The molecule has 0 amide bonds. The molecule has 1 heterocycles. The van der Waals surface area contributed by atoms with Gasteiger partial charge in [0.25, 0.3) is 0 Å². The number of para-hydroxylation sites is 2. The second kappa shape index (κ2) is 11.2. The first kappa shape index (κ1) is 30.0. The highest BCUT2D eigenvalue weighted by atomic mass is 16.3. The topological polar surface area (TPSA) is 16.4 Å². The van der Waals surface area contributed by atoms with Crippen LogP contribution in [0.1, 0.15) is 25.0 Å². The van der Waals surface area contributed by atoms with E-state index < -0.39 is 0 Å². The summed E-state index contributed by atoms with van der Waals surface area (Å²) in [5.74, 6) is 0. The van der Waals surface area contributed by atoms with Gasteiger partial charge in [0.2, 0.25) is 0 Å². The van der Waals surface area contributed by atoms with Crippen molar-refractivity contribution >= 4 is 71.3 Å². The van der Waals surface area contributed by atoms with Crippen molar-refractivity contribution < 1.29 is 4.42 Å². The average Bonchev–Trinajstić information content (AvgIpc) is 3.69. The third kappa shape index (κ3) is 4.39. The van der Waals surface area contributed by atoms with Crippen molar-refractivity contribution in [2.45, 2.75) is 19.3 Å². The zero-order valence-electron chi connectivity index (χ0n) is 29.6. The second-order valence-corrected chi connectivity index (χ2v) is 14.9. The largest absolute Gasteiger partial charge is 0.454 e. The lowest BCUT2D eigenvalue weighted by atomic mass is 9.80. The predicted molar refractivity (Wildman–Crippen MR) is 224 cm³/mol. The Morgan fingerprint density at radius 2 is 1.06 bits per heavy atom. The van der Waals surface area contributed by atoms with E-state index in [1.165, 1.54) is 65.7 Å². The molecule has 0 bridgehead atoms. The molecule has 1 aromatic heterocycles. The number of anilines is 3. The molecule has 0 radical (unpaired) electrons. The van der Waals surface area contributed by atoms with Crippen LogP contribution < -0.4 is 4.90 Å². The maximum absolute atomic E-state index is 6.84. The lowest BCUT2D eigenvalue weighted by molar-refractivity contribution is 0.659. The van der Waals surface area contributed by atoms with E-state index in [0.29, 0.717) is 0 Å². The smallest absolute Gasteiger partial charge is 0.159 e. The molecule has 0 N–H and O–H groups in total. The fraction of sp³-hybridized carbons (Fsp3) is 0.0588. The molecular formula is C51H35NO. The van der Waals surface area contributed by atoms with E-state index in [2.05, 4.69) is 195 Å². The van der Waals surface area contributed by atoms with Gasteiger partial charge in [0.1, 0.15) is 5.58 Å². The van der Waals surface area contributed by atoms with Crippen LogP contribution in [0.25, 0.3) is 76.5 Å². The van der Waals surface area contributed by atoms with Gasteiger partial charge >= 0.3 is 0 Å². The van der Waals surface area contributed by atoms with Crippen molar-refractivity contribution in [2.24, 2.45) is 0 Å². The molecule has 0 unspecified atom stereocenters. The molecule has 0 atom stereocenters. The quantitative estimate of drug-likeness (QED) is 0.184. The van der Waals surface area contributed by atoms with Crippen LogP contribution in [-0.4, -0.2) is 0 Å². The predicted octanol–water partition coefficient (Wildman–Crippen LogP) is 14.5. The Kier molecular flexibility index (Phi) is 6.33. The lowest BCUT2D eigenvalue weighted by Crippen LogP contribution is -2.21. The third-order valence-corrected chi connectivity index (χ3v) is 11.6. The summed E-state index contributed by atoms with van der Waals surface area (Å²) in [5, 5.41) is 9.63. The van der Waals surface area contributed by atoms with Crippen molar-refractivity contribution in [3.63, 3.8) is 0 Å². The number of furan rings is 1. The van der Waals surface area contributed by atoms with E-state index in [9.17, 15) is 0 Å². The number of rotatable bonds is 4. The van der Waals surface area contributed by atoms with Crippen LogP contribution in [0.15, 0.2) is 180 Å². The summed E-state index contributed by atoms with van der Waals surface area (Å²) in [6.45, 7) is 4.78. The maximum Gasteiger partial charge on any atom is 0.159 e. The zero-order valence-corrected chi connectivity index (χ0v) is 29.6. The van der Waals surface area contributed by atoms with Crippen molar-refractivity contribution in [2.75, 3.05) is 4.90 Å². The molecular weight excluding hydrogens is 643 g/mol. The van der Waals surface area contributed by atoms with Gasteiger partial charge in [-0.2, -0.15) is 0 Å². The van der Waals surface area contributed by atoms with Gasteiger partial charge in [-0.15, -0.1) is 0 Å². The number of hydrogen-bond donors (Lipinski definition) is 0. The van der Waals surface area contributed by atoms with Gasteiger partial charge in [0, 0.05) is 21.8 Å². The minimum Gasteiger partial charge on any atom is -0.454 e. The van der Waals surface area contributed by atoms with E-state index in [4.69, 9.17) is 4.42 Å². The van der Waals surface area contributed by atoms with Gasteiger partial charge in [-0.1, -0.05) is 147 Å². The van der Waals surface area contributed by atoms with Crippen LogP contribution in [0, 0.1) is 0 Å². The Labute approximate surface area is 308 Å². The Bertz CT molecular complexity index is 3110. The molecule has 9 aromatic carbocycles. The van der Waals surface area contributed by atoms with Crippen molar-refractivity contribution in [1.29, 1.82) is 0 Å². The van der Waals surface area contributed by atoms with Gasteiger partial charge in [0.15, 0.2) is 5.58 Å². The van der Waals surface area contributed by atoms with Crippen molar-refractivity contribution in [1.82, 2.24) is 0 Å². The first-order valence-electron chi connectivity index (χ1n) is 18.4. The van der Waals surface area contributed by atoms with E-state index in [1.807, 2.05) is 0 Å². The molecule has 250 valence electrons. The van der Waals surface area contributed by atoms with Crippen LogP contribution in [0.3, 0.4) is 0 Å². The third-order valence-electron chi connectivity index (χ3n) is 11.6. The summed E-state index contributed by atoms with van der Waals surface area (Å²) in [4.78, 5) is 2.49. The number of hydrogen-bond acceptors (Lipinski definition) is 2.